The molecule has 1 N–H and O–H groups in total. The predicted molar refractivity (Wildman–Crippen MR) is 117 cm³/mol. The van der Waals surface area contributed by atoms with Gasteiger partial charge in [-0.3, -0.25) is 9.78 Å². The van der Waals surface area contributed by atoms with Crippen molar-refractivity contribution < 1.29 is 27.8 Å². The van der Waals surface area contributed by atoms with E-state index in [4.69, 9.17) is 16.3 Å². The van der Waals surface area contributed by atoms with E-state index in [1.807, 2.05) is 12.3 Å². The van der Waals surface area contributed by atoms with Crippen LogP contribution in [0.25, 0.3) is 0 Å². The van der Waals surface area contributed by atoms with Crippen molar-refractivity contribution in [2.24, 2.45) is 5.92 Å². The van der Waals surface area contributed by atoms with E-state index in [1.54, 1.807) is 12.1 Å². The molecular weight excluding hydrogens is 485 g/mol. The molecule has 0 aliphatic heterocycles. The minimum atomic E-state index is -4.63. The molecule has 3 aromatic rings. The Labute approximate surface area is 195 Å². The first kappa shape index (κ1) is 24.5. The number of ether oxygens (including phenoxy) is 1. The molecule has 3 rings (SSSR count). The molecule has 2 atom stereocenters. The Hall–Kier alpha value is -2.14. The number of benzene rings is 1. The Balaban J connectivity index is 1.74. The van der Waals surface area contributed by atoms with Gasteiger partial charge in [0.2, 0.25) is 0 Å². The lowest BCUT2D eigenvalue weighted by Gasteiger charge is -2.21. The van der Waals surface area contributed by atoms with Crippen molar-refractivity contribution in [3.8, 4) is 0 Å². The van der Waals surface area contributed by atoms with E-state index >= 15 is 0 Å². The SMILES string of the molecule is Cc1csc(SCC(C(=O)OCc2ccc(Cl)c(C(F)(F)F)c2)C(O)c2cccnc2)n1. The summed E-state index contributed by atoms with van der Waals surface area (Å²) in [5.41, 5.74) is 0.395. The molecule has 0 fully saturated rings. The molecule has 0 aliphatic carbocycles. The van der Waals surface area contributed by atoms with Crippen molar-refractivity contribution in [3.05, 3.63) is 75.5 Å². The summed E-state index contributed by atoms with van der Waals surface area (Å²) in [5, 5.41) is 12.2. The van der Waals surface area contributed by atoms with E-state index < -0.39 is 41.4 Å². The number of thioether (sulfide) groups is 1. The van der Waals surface area contributed by atoms with Crippen LogP contribution in [0.5, 0.6) is 0 Å². The van der Waals surface area contributed by atoms with Gasteiger partial charge in [-0.1, -0.05) is 35.5 Å². The number of carbonyl (C=O) groups is 1. The number of hydrogen-bond donors (Lipinski definition) is 1. The molecular formula is C21H18ClF3N2O3S2. The van der Waals surface area contributed by atoms with E-state index in [0.717, 1.165) is 22.2 Å². The molecule has 0 spiro atoms. The fourth-order valence-corrected chi connectivity index (χ4v) is 4.99. The fourth-order valence-electron chi connectivity index (χ4n) is 2.77. The van der Waals surface area contributed by atoms with Crippen LogP contribution in [0, 0.1) is 12.8 Å². The van der Waals surface area contributed by atoms with Gasteiger partial charge in [0, 0.05) is 29.2 Å². The number of halogens is 4. The third-order valence-corrected chi connectivity index (χ3v) is 7.00. The Morgan fingerprint density at radius 2 is 2.12 bits per heavy atom. The lowest BCUT2D eigenvalue weighted by Crippen LogP contribution is -2.27. The number of aromatic nitrogens is 2. The van der Waals surface area contributed by atoms with Gasteiger partial charge in [-0.15, -0.1) is 11.3 Å². The highest BCUT2D eigenvalue weighted by atomic mass is 35.5. The van der Waals surface area contributed by atoms with Gasteiger partial charge in [0.1, 0.15) is 10.9 Å². The number of aryl methyl sites for hydroxylation is 1. The summed E-state index contributed by atoms with van der Waals surface area (Å²) in [4.78, 5) is 21.1. The number of rotatable bonds is 8. The smallest absolute Gasteiger partial charge is 0.417 e. The average molecular weight is 503 g/mol. The molecule has 32 heavy (non-hydrogen) atoms. The van der Waals surface area contributed by atoms with Gasteiger partial charge in [-0.05, 0) is 36.2 Å². The zero-order valence-electron chi connectivity index (χ0n) is 16.7. The van der Waals surface area contributed by atoms with Crippen LogP contribution >= 0.6 is 34.7 Å². The first-order valence-corrected chi connectivity index (χ1v) is 11.5. The second kappa shape index (κ2) is 10.7. The fraction of sp³-hybridized carbons (Fsp3) is 0.286. The first-order valence-electron chi connectivity index (χ1n) is 9.30. The van der Waals surface area contributed by atoms with Gasteiger partial charge in [0.15, 0.2) is 0 Å². The number of aliphatic hydroxyl groups excluding tert-OH is 1. The maximum absolute atomic E-state index is 13.1. The molecule has 2 unspecified atom stereocenters. The number of aliphatic hydroxyl groups is 1. The van der Waals surface area contributed by atoms with Crippen LogP contribution in [0.4, 0.5) is 13.2 Å². The maximum atomic E-state index is 13.1. The van der Waals surface area contributed by atoms with Crippen molar-refractivity contribution in [1.29, 1.82) is 0 Å². The monoisotopic (exact) mass is 502 g/mol. The summed E-state index contributed by atoms with van der Waals surface area (Å²) in [7, 11) is 0. The molecule has 0 bridgehead atoms. The molecule has 0 saturated heterocycles. The predicted octanol–water partition coefficient (Wildman–Crippen LogP) is 5.70. The van der Waals surface area contributed by atoms with Gasteiger partial charge in [0.25, 0.3) is 0 Å². The molecule has 0 aliphatic rings. The highest BCUT2D eigenvalue weighted by molar-refractivity contribution is 8.01. The molecule has 170 valence electrons. The van der Waals surface area contributed by atoms with Crippen LogP contribution in [0.2, 0.25) is 5.02 Å². The number of pyridine rings is 1. The standard InChI is InChI=1S/C21H18ClF3N2O3S2/c1-12-10-31-20(27-12)32-11-15(18(28)14-3-2-6-26-8-14)19(29)30-9-13-4-5-17(22)16(7-13)21(23,24)25/h2-8,10,15,18,28H,9,11H2,1H3. The van der Waals surface area contributed by atoms with Gasteiger partial charge in [-0.2, -0.15) is 13.2 Å². The van der Waals surface area contributed by atoms with Crippen LogP contribution in [-0.4, -0.2) is 26.8 Å². The summed E-state index contributed by atoms with van der Waals surface area (Å²) in [6.07, 6.45) is -2.85. The third kappa shape index (κ3) is 6.44. The van der Waals surface area contributed by atoms with E-state index in [-0.39, 0.29) is 11.3 Å². The topological polar surface area (TPSA) is 72.3 Å². The normalized spacial score (nSPS) is 13.6. The van der Waals surface area contributed by atoms with Gasteiger partial charge < -0.3 is 9.84 Å². The lowest BCUT2D eigenvalue weighted by molar-refractivity contribution is -0.153. The van der Waals surface area contributed by atoms with E-state index in [0.29, 0.717) is 5.56 Å². The van der Waals surface area contributed by atoms with Crippen molar-refractivity contribution in [1.82, 2.24) is 9.97 Å². The average Bonchev–Trinajstić information content (AvgIpc) is 3.18. The Kier molecular flexibility index (Phi) is 8.16. The summed E-state index contributed by atoms with van der Waals surface area (Å²) in [6.45, 7) is 1.45. The zero-order valence-corrected chi connectivity index (χ0v) is 19.1. The highest BCUT2D eigenvalue weighted by Crippen LogP contribution is 2.35. The van der Waals surface area contributed by atoms with Crippen LogP contribution in [0.1, 0.15) is 28.5 Å². The number of alkyl halides is 3. The Bertz CT molecular complexity index is 1060. The second-order valence-electron chi connectivity index (χ2n) is 6.82. The second-order valence-corrected chi connectivity index (χ2v) is 9.36. The quantitative estimate of drug-likeness (QED) is 0.314. The number of carbonyl (C=O) groups excluding carboxylic acids is 1. The third-order valence-electron chi connectivity index (χ3n) is 4.41. The number of hydrogen-bond acceptors (Lipinski definition) is 7. The Morgan fingerprint density at radius 3 is 2.75 bits per heavy atom. The summed E-state index contributed by atoms with van der Waals surface area (Å²) in [5.74, 6) is -1.57. The number of nitrogens with zero attached hydrogens (tertiary/aromatic N) is 2. The molecule has 0 saturated carbocycles. The summed E-state index contributed by atoms with van der Waals surface area (Å²) >= 11 is 8.33. The summed E-state index contributed by atoms with van der Waals surface area (Å²) in [6, 6.07) is 6.56. The van der Waals surface area contributed by atoms with Crippen LogP contribution in [0.15, 0.2) is 52.4 Å². The first-order chi connectivity index (χ1) is 15.1. The minimum absolute atomic E-state index is 0.132. The Morgan fingerprint density at radius 1 is 1.34 bits per heavy atom. The zero-order chi connectivity index (χ0) is 23.3. The van der Waals surface area contributed by atoms with Crippen molar-refractivity contribution in [2.75, 3.05) is 5.75 Å². The molecule has 0 amide bonds. The van der Waals surface area contributed by atoms with E-state index in [9.17, 15) is 23.1 Å². The van der Waals surface area contributed by atoms with Crippen molar-refractivity contribution >= 4 is 40.7 Å². The van der Waals surface area contributed by atoms with Crippen LogP contribution in [0.3, 0.4) is 0 Å². The van der Waals surface area contributed by atoms with Crippen LogP contribution in [-0.2, 0) is 22.3 Å². The number of esters is 1. The summed E-state index contributed by atoms with van der Waals surface area (Å²) < 4.78 is 45.2. The minimum Gasteiger partial charge on any atom is -0.460 e. The number of thiazole rings is 1. The van der Waals surface area contributed by atoms with Crippen LogP contribution < -0.4 is 0 Å². The van der Waals surface area contributed by atoms with Gasteiger partial charge >= 0.3 is 12.1 Å². The molecule has 11 heteroatoms. The lowest BCUT2D eigenvalue weighted by atomic mass is 9.99. The van der Waals surface area contributed by atoms with Crippen molar-refractivity contribution in [2.45, 2.75) is 30.2 Å². The van der Waals surface area contributed by atoms with E-state index in [1.165, 1.54) is 41.6 Å². The molecule has 5 nitrogen and oxygen atoms in total. The molecule has 0 radical (unpaired) electrons. The van der Waals surface area contributed by atoms with Gasteiger partial charge in [-0.25, -0.2) is 4.98 Å². The maximum Gasteiger partial charge on any atom is 0.417 e. The van der Waals surface area contributed by atoms with E-state index in [2.05, 4.69) is 9.97 Å². The molecule has 2 aromatic heterocycles. The highest BCUT2D eigenvalue weighted by Gasteiger charge is 2.34. The van der Waals surface area contributed by atoms with Gasteiger partial charge in [0.05, 0.1) is 22.6 Å². The van der Waals surface area contributed by atoms with Crippen molar-refractivity contribution in [3.63, 3.8) is 0 Å². The molecule has 2 heterocycles. The largest absolute Gasteiger partial charge is 0.460 e. The molecule has 1 aromatic carbocycles.